The zero-order chi connectivity index (χ0) is 23.9. The molecule has 3 heterocycles. The van der Waals surface area contributed by atoms with E-state index in [9.17, 15) is 23.5 Å². The Bertz CT molecular complexity index is 1380. The first-order chi connectivity index (χ1) is 15.5. The molecule has 1 amide bonds. The van der Waals surface area contributed by atoms with Crippen LogP contribution in [0.25, 0.3) is 22.9 Å². The maximum absolute atomic E-state index is 13.4. The summed E-state index contributed by atoms with van der Waals surface area (Å²) >= 11 is 6.94. The number of primary amides is 1. The van der Waals surface area contributed by atoms with Crippen LogP contribution in [0.4, 0.5) is 8.78 Å². The lowest BCUT2D eigenvalue weighted by Crippen LogP contribution is -2.14. The number of thiazole rings is 1. The third-order valence-electron chi connectivity index (χ3n) is 4.29. The van der Waals surface area contributed by atoms with E-state index < -0.39 is 29.2 Å². The van der Waals surface area contributed by atoms with E-state index in [2.05, 4.69) is 20.2 Å². The van der Waals surface area contributed by atoms with Gasteiger partial charge in [-0.3, -0.25) is 4.79 Å². The molecule has 0 aliphatic carbocycles. The number of carbonyl (C=O) groups is 2. The van der Waals surface area contributed by atoms with E-state index in [0.717, 1.165) is 23.1 Å². The number of carbonyl (C=O) groups excluding carboxylic acids is 1. The van der Waals surface area contributed by atoms with Gasteiger partial charge in [-0.25, -0.2) is 9.78 Å². The van der Waals surface area contributed by atoms with Crippen molar-refractivity contribution in [2.45, 2.75) is 19.4 Å². The van der Waals surface area contributed by atoms with Gasteiger partial charge in [0.25, 0.3) is 17.7 Å². The Morgan fingerprint density at radius 3 is 2.64 bits per heavy atom. The number of oxazole rings is 1. The second kappa shape index (κ2) is 8.33. The standard InChI is InChI=1S/C19H13ClF2N6O4S/c1-19(21,22)10-7-33-11(24-10)6-28-26-12(16(23)29)13(27-28)17-25-14(18(30)31)15(32-17)8-3-2-4-9(20)5-8/h2-5,7H,6H2,1H3,(H2,23,29)(H,30,31). The zero-order valence-electron chi connectivity index (χ0n) is 16.6. The number of amides is 1. The molecule has 0 atom stereocenters. The van der Waals surface area contributed by atoms with Crippen molar-refractivity contribution in [3.63, 3.8) is 0 Å². The minimum absolute atomic E-state index is 0.111. The van der Waals surface area contributed by atoms with E-state index in [1.165, 1.54) is 11.4 Å². The van der Waals surface area contributed by atoms with Gasteiger partial charge in [0.2, 0.25) is 0 Å². The molecule has 14 heteroatoms. The Labute approximate surface area is 192 Å². The van der Waals surface area contributed by atoms with E-state index in [0.29, 0.717) is 10.6 Å². The van der Waals surface area contributed by atoms with E-state index in [-0.39, 0.29) is 34.6 Å². The van der Waals surface area contributed by atoms with Crippen LogP contribution < -0.4 is 5.73 Å². The smallest absolute Gasteiger partial charge is 0.358 e. The number of alkyl halides is 2. The minimum Gasteiger partial charge on any atom is -0.476 e. The second-order valence-corrected chi connectivity index (χ2v) is 8.20. The molecule has 0 saturated heterocycles. The Kier molecular flexibility index (Phi) is 5.68. The number of benzene rings is 1. The molecule has 0 saturated carbocycles. The SMILES string of the molecule is CC(F)(F)c1csc(Cn2nc(C(N)=O)c(-c3nc(C(=O)O)c(-c4cccc(Cl)c4)o3)n2)n1. The summed E-state index contributed by atoms with van der Waals surface area (Å²) in [5.74, 6) is -5.90. The van der Waals surface area contributed by atoms with Gasteiger partial charge in [-0.1, -0.05) is 23.7 Å². The molecule has 0 aliphatic rings. The summed E-state index contributed by atoms with van der Waals surface area (Å²) in [6.45, 7) is 0.579. The lowest BCUT2D eigenvalue weighted by Gasteiger charge is -2.04. The van der Waals surface area contributed by atoms with Gasteiger partial charge in [0, 0.05) is 22.9 Å². The van der Waals surface area contributed by atoms with Crippen LogP contribution in [0.2, 0.25) is 5.02 Å². The van der Waals surface area contributed by atoms with E-state index >= 15 is 0 Å². The summed E-state index contributed by atoms with van der Waals surface area (Å²) in [4.78, 5) is 32.4. The molecule has 1 aromatic carbocycles. The van der Waals surface area contributed by atoms with E-state index in [4.69, 9.17) is 21.8 Å². The summed E-state index contributed by atoms with van der Waals surface area (Å²) < 4.78 is 32.5. The van der Waals surface area contributed by atoms with Gasteiger partial charge in [-0.05, 0) is 12.1 Å². The highest BCUT2D eigenvalue weighted by atomic mass is 35.5. The molecule has 3 aromatic heterocycles. The number of hydrogen-bond acceptors (Lipinski definition) is 8. The number of carboxylic acids is 1. The molecule has 0 radical (unpaired) electrons. The number of aromatic nitrogens is 5. The van der Waals surface area contributed by atoms with Gasteiger partial charge in [0.05, 0.1) is 0 Å². The monoisotopic (exact) mass is 494 g/mol. The maximum atomic E-state index is 13.4. The largest absolute Gasteiger partial charge is 0.476 e. The summed E-state index contributed by atoms with van der Waals surface area (Å²) in [7, 11) is 0. The van der Waals surface area contributed by atoms with Crippen LogP contribution in [-0.2, 0) is 12.5 Å². The first kappa shape index (κ1) is 22.5. The Hall–Kier alpha value is -3.71. The van der Waals surface area contributed by atoms with Crippen LogP contribution in [-0.4, -0.2) is 41.9 Å². The number of halogens is 3. The van der Waals surface area contributed by atoms with Crippen LogP contribution >= 0.6 is 22.9 Å². The highest BCUT2D eigenvalue weighted by Gasteiger charge is 2.29. The van der Waals surface area contributed by atoms with Crippen LogP contribution in [0.5, 0.6) is 0 Å². The van der Waals surface area contributed by atoms with Crippen LogP contribution in [0.1, 0.15) is 38.6 Å². The lowest BCUT2D eigenvalue weighted by molar-refractivity contribution is 0.0132. The van der Waals surface area contributed by atoms with Crippen molar-refractivity contribution in [1.29, 1.82) is 0 Å². The van der Waals surface area contributed by atoms with Crippen molar-refractivity contribution < 1.29 is 27.9 Å². The van der Waals surface area contributed by atoms with Crippen molar-refractivity contribution in [1.82, 2.24) is 25.0 Å². The van der Waals surface area contributed by atoms with Crippen LogP contribution in [0.3, 0.4) is 0 Å². The van der Waals surface area contributed by atoms with Crippen LogP contribution in [0.15, 0.2) is 34.1 Å². The number of hydrogen-bond donors (Lipinski definition) is 2. The third kappa shape index (κ3) is 4.59. The van der Waals surface area contributed by atoms with Gasteiger partial charge < -0.3 is 15.3 Å². The predicted octanol–water partition coefficient (Wildman–Crippen LogP) is 3.67. The summed E-state index contributed by atoms with van der Waals surface area (Å²) in [6.07, 6.45) is 0. The lowest BCUT2D eigenvalue weighted by atomic mass is 10.1. The first-order valence-electron chi connectivity index (χ1n) is 9.11. The molecule has 0 unspecified atom stereocenters. The molecule has 4 aromatic rings. The first-order valence-corrected chi connectivity index (χ1v) is 10.4. The number of nitrogens with zero attached hydrogens (tertiary/aromatic N) is 5. The number of nitrogens with two attached hydrogens (primary N) is 1. The van der Waals surface area contributed by atoms with Gasteiger partial charge in [0.15, 0.2) is 22.8 Å². The fourth-order valence-electron chi connectivity index (χ4n) is 2.83. The number of carboxylic acid groups (broad SMARTS) is 1. The molecule has 3 N–H and O–H groups in total. The molecular formula is C19H13ClF2N6O4S. The van der Waals surface area contributed by atoms with Crippen molar-refractivity contribution in [2.75, 3.05) is 0 Å². The highest BCUT2D eigenvalue weighted by Crippen LogP contribution is 2.32. The molecular weight excluding hydrogens is 482 g/mol. The minimum atomic E-state index is -3.11. The van der Waals surface area contributed by atoms with Crippen molar-refractivity contribution in [3.8, 4) is 22.9 Å². The summed E-state index contributed by atoms with van der Waals surface area (Å²) in [5.41, 5.74) is 4.32. The molecule has 0 bridgehead atoms. The van der Waals surface area contributed by atoms with Crippen molar-refractivity contribution in [3.05, 3.63) is 56.8 Å². The maximum Gasteiger partial charge on any atom is 0.358 e. The van der Waals surface area contributed by atoms with Gasteiger partial charge in [-0.15, -0.1) is 21.5 Å². The quantitative estimate of drug-likeness (QED) is 0.395. The van der Waals surface area contributed by atoms with Gasteiger partial charge in [0.1, 0.15) is 17.2 Å². The van der Waals surface area contributed by atoms with Gasteiger partial charge >= 0.3 is 5.97 Å². The topological polar surface area (TPSA) is 150 Å². The summed E-state index contributed by atoms with van der Waals surface area (Å²) in [5, 5.41) is 19.4. The van der Waals surface area contributed by atoms with Crippen molar-refractivity contribution in [2.24, 2.45) is 5.73 Å². The fraction of sp³-hybridized carbons (Fsp3) is 0.158. The number of rotatable bonds is 7. The zero-order valence-corrected chi connectivity index (χ0v) is 18.2. The molecule has 0 spiro atoms. The number of aromatic carboxylic acids is 1. The molecule has 0 fully saturated rings. The van der Waals surface area contributed by atoms with Crippen molar-refractivity contribution >= 4 is 34.8 Å². The molecule has 0 aliphatic heterocycles. The molecule has 10 nitrogen and oxygen atoms in total. The third-order valence-corrected chi connectivity index (χ3v) is 5.35. The Balaban J connectivity index is 1.75. The van der Waals surface area contributed by atoms with Crippen LogP contribution in [0, 0.1) is 0 Å². The predicted molar refractivity (Wildman–Crippen MR) is 112 cm³/mol. The second-order valence-electron chi connectivity index (χ2n) is 6.82. The molecule has 170 valence electrons. The molecule has 33 heavy (non-hydrogen) atoms. The Morgan fingerprint density at radius 2 is 2.03 bits per heavy atom. The summed E-state index contributed by atoms with van der Waals surface area (Å²) in [6, 6.07) is 6.24. The van der Waals surface area contributed by atoms with E-state index in [1.807, 2.05) is 0 Å². The fourth-order valence-corrected chi connectivity index (χ4v) is 3.87. The van der Waals surface area contributed by atoms with E-state index in [1.54, 1.807) is 18.2 Å². The average Bonchev–Trinajstić information content (AvgIpc) is 3.45. The Morgan fingerprint density at radius 1 is 1.27 bits per heavy atom. The molecule has 4 rings (SSSR count). The van der Waals surface area contributed by atoms with Gasteiger partial charge in [-0.2, -0.15) is 18.6 Å². The average molecular weight is 495 g/mol. The normalized spacial score (nSPS) is 11.6. The highest BCUT2D eigenvalue weighted by molar-refractivity contribution is 7.09.